The first-order chi connectivity index (χ1) is 7.66. The van der Waals surface area contributed by atoms with E-state index in [0.717, 1.165) is 36.8 Å². The molecule has 0 aromatic heterocycles. The SMILES string of the molecule is CCCCCNC(=S)NCCCCS(C)=O. The van der Waals surface area contributed by atoms with Crippen molar-refractivity contribution in [3.05, 3.63) is 0 Å². The lowest BCUT2D eigenvalue weighted by atomic mass is 10.2. The first-order valence-electron chi connectivity index (χ1n) is 5.98. The van der Waals surface area contributed by atoms with Gasteiger partial charge in [0.25, 0.3) is 0 Å². The third-order valence-corrected chi connectivity index (χ3v) is 3.36. The topological polar surface area (TPSA) is 41.1 Å². The highest BCUT2D eigenvalue weighted by molar-refractivity contribution is 7.84. The summed E-state index contributed by atoms with van der Waals surface area (Å²) >= 11 is 5.12. The summed E-state index contributed by atoms with van der Waals surface area (Å²) in [7, 11) is -0.663. The van der Waals surface area contributed by atoms with Crippen molar-refractivity contribution < 1.29 is 4.21 Å². The van der Waals surface area contributed by atoms with Gasteiger partial charge in [0.05, 0.1) is 0 Å². The highest BCUT2D eigenvalue weighted by atomic mass is 32.2. The highest BCUT2D eigenvalue weighted by Crippen LogP contribution is 1.91. The molecule has 0 aliphatic heterocycles. The highest BCUT2D eigenvalue weighted by Gasteiger charge is 1.95. The molecule has 0 rings (SSSR count). The maximum absolute atomic E-state index is 10.8. The molecule has 2 N–H and O–H groups in total. The van der Waals surface area contributed by atoms with Gasteiger partial charge in [-0.2, -0.15) is 0 Å². The molecule has 1 atom stereocenters. The Morgan fingerprint density at radius 3 is 2.19 bits per heavy atom. The first-order valence-corrected chi connectivity index (χ1v) is 8.12. The van der Waals surface area contributed by atoms with Crippen molar-refractivity contribution in [2.45, 2.75) is 39.0 Å². The van der Waals surface area contributed by atoms with Gasteiger partial charge in [0.1, 0.15) is 0 Å². The lowest BCUT2D eigenvalue weighted by molar-refractivity contribution is 0.673. The molecule has 96 valence electrons. The molecule has 1 unspecified atom stereocenters. The third kappa shape index (κ3) is 11.9. The molecule has 0 aliphatic rings. The summed E-state index contributed by atoms with van der Waals surface area (Å²) < 4.78 is 10.8. The predicted octanol–water partition coefficient (Wildman–Crippen LogP) is 1.80. The Morgan fingerprint density at radius 2 is 1.69 bits per heavy atom. The van der Waals surface area contributed by atoms with Gasteiger partial charge in [0.2, 0.25) is 0 Å². The maximum atomic E-state index is 10.8. The van der Waals surface area contributed by atoms with Crippen LogP contribution in [0.3, 0.4) is 0 Å². The Labute approximate surface area is 107 Å². The summed E-state index contributed by atoms with van der Waals surface area (Å²) in [6.45, 7) is 4.02. The Morgan fingerprint density at radius 1 is 1.12 bits per heavy atom. The Balaban J connectivity index is 3.20. The van der Waals surface area contributed by atoms with E-state index in [0.29, 0.717) is 0 Å². The van der Waals surface area contributed by atoms with Gasteiger partial charge < -0.3 is 10.6 Å². The van der Waals surface area contributed by atoms with Crippen molar-refractivity contribution in [1.29, 1.82) is 0 Å². The zero-order chi connectivity index (χ0) is 12.2. The Bertz CT molecular complexity index is 210. The molecule has 0 saturated heterocycles. The van der Waals surface area contributed by atoms with Crippen LogP contribution in [0, 0.1) is 0 Å². The standard InChI is InChI=1S/C11H24N2OS2/c1-3-4-5-8-12-11(15)13-9-6-7-10-16(2)14/h3-10H2,1-2H3,(H2,12,13,15). The average molecular weight is 264 g/mol. The second-order valence-corrected chi connectivity index (χ2v) is 5.84. The zero-order valence-electron chi connectivity index (χ0n) is 10.4. The van der Waals surface area contributed by atoms with Crippen molar-refractivity contribution in [3.63, 3.8) is 0 Å². The van der Waals surface area contributed by atoms with E-state index in [1.807, 2.05) is 0 Å². The molecule has 0 spiro atoms. The lowest BCUT2D eigenvalue weighted by Crippen LogP contribution is -2.36. The Hall–Kier alpha value is -0.160. The second kappa shape index (κ2) is 11.3. The molecule has 0 radical (unpaired) electrons. The van der Waals surface area contributed by atoms with Gasteiger partial charge in [-0.15, -0.1) is 0 Å². The summed E-state index contributed by atoms with van der Waals surface area (Å²) in [5, 5.41) is 7.08. The van der Waals surface area contributed by atoms with E-state index in [2.05, 4.69) is 17.6 Å². The molecule has 0 aliphatic carbocycles. The number of hydrogen-bond donors (Lipinski definition) is 2. The fraction of sp³-hybridized carbons (Fsp3) is 0.909. The van der Waals surface area contributed by atoms with Gasteiger partial charge in [0.15, 0.2) is 5.11 Å². The molecule has 0 heterocycles. The van der Waals surface area contributed by atoms with Crippen LogP contribution in [0.4, 0.5) is 0 Å². The van der Waals surface area contributed by atoms with E-state index in [1.165, 1.54) is 19.3 Å². The van der Waals surface area contributed by atoms with Crippen LogP contribution < -0.4 is 10.6 Å². The van der Waals surface area contributed by atoms with Crippen LogP contribution in [0.2, 0.25) is 0 Å². The summed E-state index contributed by atoms with van der Waals surface area (Å²) in [4.78, 5) is 0. The second-order valence-electron chi connectivity index (χ2n) is 3.87. The summed E-state index contributed by atoms with van der Waals surface area (Å²) in [6.07, 6.45) is 7.42. The van der Waals surface area contributed by atoms with Crippen LogP contribution >= 0.6 is 12.2 Å². The number of hydrogen-bond acceptors (Lipinski definition) is 2. The van der Waals surface area contributed by atoms with E-state index in [1.54, 1.807) is 6.26 Å². The minimum atomic E-state index is -0.663. The van der Waals surface area contributed by atoms with Gasteiger partial charge >= 0.3 is 0 Å². The van der Waals surface area contributed by atoms with Crippen LogP contribution in [-0.2, 0) is 10.8 Å². The molecule has 0 fully saturated rings. The number of nitrogens with one attached hydrogen (secondary N) is 2. The van der Waals surface area contributed by atoms with Gasteiger partial charge in [-0.25, -0.2) is 0 Å². The largest absolute Gasteiger partial charge is 0.363 e. The fourth-order valence-electron chi connectivity index (χ4n) is 1.27. The molecule has 0 bridgehead atoms. The fourth-order valence-corrected chi connectivity index (χ4v) is 2.09. The zero-order valence-corrected chi connectivity index (χ0v) is 12.0. The Kier molecular flexibility index (Phi) is 11.2. The van der Waals surface area contributed by atoms with Crippen molar-refractivity contribution >= 4 is 28.1 Å². The van der Waals surface area contributed by atoms with Crippen molar-refractivity contribution in [2.75, 3.05) is 25.1 Å². The molecule has 0 aromatic carbocycles. The summed E-state index contributed by atoms with van der Waals surface area (Å²) in [5.41, 5.74) is 0. The smallest absolute Gasteiger partial charge is 0.166 e. The normalized spacial score (nSPS) is 12.1. The molecule has 16 heavy (non-hydrogen) atoms. The number of thiocarbonyl (C=S) groups is 1. The predicted molar refractivity (Wildman–Crippen MR) is 76.3 cm³/mol. The lowest BCUT2D eigenvalue weighted by Gasteiger charge is -2.09. The molecule has 0 amide bonds. The molecule has 5 heteroatoms. The summed E-state index contributed by atoms with van der Waals surface area (Å²) in [6, 6.07) is 0. The first kappa shape index (κ1) is 15.8. The molecule has 0 saturated carbocycles. The summed E-state index contributed by atoms with van der Waals surface area (Å²) in [5.74, 6) is 0.790. The number of rotatable bonds is 9. The van der Waals surface area contributed by atoms with Crippen LogP contribution in [0.15, 0.2) is 0 Å². The van der Waals surface area contributed by atoms with E-state index < -0.39 is 10.8 Å². The quantitative estimate of drug-likeness (QED) is 0.492. The minimum Gasteiger partial charge on any atom is -0.363 e. The van der Waals surface area contributed by atoms with Gasteiger partial charge in [0, 0.05) is 35.9 Å². The van der Waals surface area contributed by atoms with E-state index in [-0.39, 0.29) is 0 Å². The van der Waals surface area contributed by atoms with Gasteiger partial charge in [-0.05, 0) is 31.5 Å². The molecular formula is C11H24N2OS2. The molecule has 0 aromatic rings. The van der Waals surface area contributed by atoms with E-state index >= 15 is 0 Å². The monoisotopic (exact) mass is 264 g/mol. The van der Waals surface area contributed by atoms with Crippen LogP contribution in [0.5, 0.6) is 0 Å². The third-order valence-electron chi connectivity index (χ3n) is 2.21. The van der Waals surface area contributed by atoms with Gasteiger partial charge in [-0.1, -0.05) is 19.8 Å². The maximum Gasteiger partial charge on any atom is 0.166 e. The number of unbranched alkanes of at least 4 members (excludes halogenated alkanes) is 3. The van der Waals surface area contributed by atoms with Crippen LogP contribution in [0.25, 0.3) is 0 Å². The van der Waals surface area contributed by atoms with E-state index in [4.69, 9.17) is 12.2 Å². The van der Waals surface area contributed by atoms with Crippen molar-refractivity contribution in [3.8, 4) is 0 Å². The van der Waals surface area contributed by atoms with Gasteiger partial charge in [-0.3, -0.25) is 4.21 Å². The van der Waals surface area contributed by atoms with Crippen molar-refractivity contribution in [1.82, 2.24) is 10.6 Å². The average Bonchev–Trinajstić information content (AvgIpc) is 2.23. The molecular weight excluding hydrogens is 240 g/mol. The van der Waals surface area contributed by atoms with E-state index in [9.17, 15) is 4.21 Å². The van der Waals surface area contributed by atoms with Crippen LogP contribution in [0.1, 0.15) is 39.0 Å². The van der Waals surface area contributed by atoms with Crippen LogP contribution in [-0.4, -0.2) is 34.4 Å². The van der Waals surface area contributed by atoms with Crippen molar-refractivity contribution in [2.24, 2.45) is 0 Å². The molecule has 3 nitrogen and oxygen atoms in total. The minimum absolute atomic E-state index is 0.663.